The van der Waals surface area contributed by atoms with Gasteiger partial charge in [0.2, 0.25) is 0 Å². The Hall–Kier alpha value is -0.530. The van der Waals surface area contributed by atoms with Gasteiger partial charge in [-0.3, -0.25) is 0 Å². The third-order valence-electron chi connectivity index (χ3n) is 2.16. The Bertz CT molecular complexity index is 129. The largest absolute Gasteiger partial charge is 0.307 e. The lowest BCUT2D eigenvalue weighted by molar-refractivity contribution is 0.382. The SMILES string of the molecule is CC[C@@H]1NN=CC1C(C)C. The van der Waals surface area contributed by atoms with Crippen molar-refractivity contribution in [2.75, 3.05) is 0 Å². The van der Waals surface area contributed by atoms with Crippen molar-refractivity contribution in [3.8, 4) is 0 Å². The van der Waals surface area contributed by atoms with Crippen LogP contribution in [0.2, 0.25) is 0 Å². The van der Waals surface area contributed by atoms with E-state index in [1.54, 1.807) is 0 Å². The van der Waals surface area contributed by atoms with Crippen LogP contribution in [0, 0.1) is 11.8 Å². The normalized spacial score (nSPS) is 31.2. The van der Waals surface area contributed by atoms with Gasteiger partial charge in [0.25, 0.3) is 0 Å². The van der Waals surface area contributed by atoms with E-state index in [0.29, 0.717) is 17.9 Å². The lowest BCUT2D eigenvalue weighted by atomic mass is 9.89. The molecule has 0 saturated heterocycles. The van der Waals surface area contributed by atoms with Crippen LogP contribution in [0.25, 0.3) is 0 Å². The maximum atomic E-state index is 4.06. The second-order valence-electron chi connectivity index (χ2n) is 3.24. The monoisotopic (exact) mass is 140 g/mol. The second-order valence-corrected chi connectivity index (χ2v) is 3.24. The zero-order chi connectivity index (χ0) is 7.56. The van der Waals surface area contributed by atoms with Gasteiger partial charge in [0, 0.05) is 12.1 Å². The summed E-state index contributed by atoms with van der Waals surface area (Å²) in [5.41, 5.74) is 3.11. The van der Waals surface area contributed by atoms with E-state index in [1.807, 2.05) is 6.21 Å². The summed E-state index contributed by atoms with van der Waals surface area (Å²) < 4.78 is 0. The lowest BCUT2D eigenvalue weighted by Crippen LogP contribution is -2.29. The molecular formula is C8H16N2. The molecule has 0 aromatic rings. The predicted octanol–water partition coefficient (Wildman–Crippen LogP) is 1.63. The van der Waals surface area contributed by atoms with E-state index in [1.165, 1.54) is 6.42 Å². The average Bonchev–Trinajstić information content (AvgIpc) is 2.33. The van der Waals surface area contributed by atoms with E-state index in [4.69, 9.17) is 0 Å². The molecule has 0 aromatic carbocycles. The molecule has 0 bridgehead atoms. The van der Waals surface area contributed by atoms with Gasteiger partial charge < -0.3 is 5.43 Å². The fourth-order valence-corrected chi connectivity index (χ4v) is 1.41. The van der Waals surface area contributed by atoms with Crippen LogP contribution in [0.1, 0.15) is 27.2 Å². The van der Waals surface area contributed by atoms with E-state index in [0.717, 1.165) is 0 Å². The van der Waals surface area contributed by atoms with Crippen molar-refractivity contribution < 1.29 is 0 Å². The molecule has 1 unspecified atom stereocenters. The minimum atomic E-state index is 0.583. The van der Waals surface area contributed by atoms with Gasteiger partial charge in [0.05, 0.1) is 6.04 Å². The molecule has 0 spiro atoms. The van der Waals surface area contributed by atoms with Crippen LogP contribution in [0.15, 0.2) is 5.10 Å². The Morgan fingerprint density at radius 2 is 2.30 bits per heavy atom. The molecular weight excluding hydrogens is 124 g/mol. The van der Waals surface area contributed by atoms with Crippen molar-refractivity contribution in [2.45, 2.75) is 33.2 Å². The highest BCUT2D eigenvalue weighted by Crippen LogP contribution is 2.18. The van der Waals surface area contributed by atoms with Crippen LogP contribution < -0.4 is 5.43 Å². The van der Waals surface area contributed by atoms with Gasteiger partial charge >= 0.3 is 0 Å². The first-order valence-corrected chi connectivity index (χ1v) is 4.04. The first-order valence-electron chi connectivity index (χ1n) is 4.04. The number of nitrogens with one attached hydrogen (secondary N) is 1. The third kappa shape index (κ3) is 1.31. The number of hydrogen-bond acceptors (Lipinski definition) is 2. The smallest absolute Gasteiger partial charge is 0.0518 e. The first-order chi connectivity index (χ1) is 4.75. The highest BCUT2D eigenvalue weighted by atomic mass is 15.3. The van der Waals surface area contributed by atoms with Crippen molar-refractivity contribution in [1.29, 1.82) is 0 Å². The summed E-state index contributed by atoms with van der Waals surface area (Å²) in [5, 5.41) is 4.06. The number of rotatable bonds is 2. The third-order valence-corrected chi connectivity index (χ3v) is 2.16. The minimum Gasteiger partial charge on any atom is -0.307 e. The Morgan fingerprint density at radius 3 is 2.70 bits per heavy atom. The average molecular weight is 140 g/mol. The molecule has 2 atom stereocenters. The predicted molar refractivity (Wildman–Crippen MR) is 44.0 cm³/mol. The molecule has 0 saturated carbocycles. The summed E-state index contributed by atoms with van der Waals surface area (Å²) in [6.07, 6.45) is 3.21. The van der Waals surface area contributed by atoms with Crippen LogP contribution in [0.3, 0.4) is 0 Å². The highest BCUT2D eigenvalue weighted by molar-refractivity contribution is 5.63. The first kappa shape index (κ1) is 7.58. The summed E-state index contributed by atoms with van der Waals surface area (Å²) in [7, 11) is 0. The van der Waals surface area contributed by atoms with Crippen LogP contribution in [0.4, 0.5) is 0 Å². The van der Waals surface area contributed by atoms with Gasteiger partial charge in [-0.1, -0.05) is 20.8 Å². The summed E-state index contributed by atoms with van der Waals surface area (Å²) in [5.74, 6) is 1.36. The Labute approximate surface area is 62.7 Å². The van der Waals surface area contributed by atoms with E-state index in [2.05, 4.69) is 31.3 Å². The van der Waals surface area contributed by atoms with Gasteiger partial charge in [-0.25, -0.2) is 0 Å². The fraction of sp³-hybridized carbons (Fsp3) is 0.875. The molecule has 0 amide bonds. The minimum absolute atomic E-state index is 0.583. The topological polar surface area (TPSA) is 24.4 Å². The summed E-state index contributed by atoms with van der Waals surface area (Å²) in [6, 6.07) is 0.583. The molecule has 10 heavy (non-hydrogen) atoms. The van der Waals surface area contributed by atoms with Crippen LogP contribution >= 0.6 is 0 Å². The van der Waals surface area contributed by atoms with Gasteiger partial charge in [0.15, 0.2) is 0 Å². The van der Waals surface area contributed by atoms with E-state index in [-0.39, 0.29) is 0 Å². The van der Waals surface area contributed by atoms with Crippen LogP contribution in [0.5, 0.6) is 0 Å². The Balaban J connectivity index is 2.49. The van der Waals surface area contributed by atoms with Gasteiger partial charge in [-0.2, -0.15) is 5.10 Å². The maximum Gasteiger partial charge on any atom is 0.0518 e. The Morgan fingerprint density at radius 1 is 1.60 bits per heavy atom. The number of hydrazone groups is 1. The van der Waals surface area contributed by atoms with Gasteiger partial charge in [-0.15, -0.1) is 0 Å². The number of hydrogen-bond donors (Lipinski definition) is 1. The quantitative estimate of drug-likeness (QED) is 0.619. The zero-order valence-corrected chi connectivity index (χ0v) is 6.96. The Kier molecular flexibility index (Phi) is 2.30. The van der Waals surface area contributed by atoms with Crippen LogP contribution in [-0.4, -0.2) is 12.3 Å². The van der Waals surface area contributed by atoms with Gasteiger partial charge in [0.1, 0.15) is 0 Å². The van der Waals surface area contributed by atoms with Crippen molar-refractivity contribution >= 4 is 6.21 Å². The van der Waals surface area contributed by atoms with Crippen molar-refractivity contribution in [3.63, 3.8) is 0 Å². The molecule has 0 radical (unpaired) electrons. The molecule has 0 aromatic heterocycles. The van der Waals surface area contributed by atoms with Crippen molar-refractivity contribution in [2.24, 2.45) is 16.9 Å². The highest BCUT2D eigenvalue weighted by Gasteiger charge is 2.24. The summed E-state index contributed by atoms with van der Waals surface area (Å²) in [4.78, 5) is 0. The zero-order valence-electron chi connectivity index (χ0n) is 6.96. The summed E-state index contributed by atoms with van der Waals surface area (Å²) >= 11 is 0. The molecule has 1 rings (SSSR count). The lowest BCUT2D eigenvalue weighted by Gasteiger charge is -2.18. The molecule has 2 nitrogen and oxygen atoms in total. The standard InChI is InChI=1S/C8H16N2/c1-4-8-7(6(2)3)5-9-10-8/h5-8,10H,4H2,1-3H3/t7?,8-/m0/s1. The molecule has 0 aliphatic carbocycles. The van der Waals surface area contributed by atoms with E-state index >= 15 is 0 Å². The molecule has 1 N–H and O–H groups in total. The molecule has 2 heteroatoms. The maximum absolute atomic E-state index is 4.06. The van der Waals surface area contributed by atoms with Crippen molar-refractivity contribution in [1.82, 2.24) is 5.43 Å². The molecule has 0 fully saturated rings. The number of nitrogens with zero attached hydrogens (tertiary/aromatic N) is 1. The molecule has 1 aliphatic rings. The van der Waals surface area contributed by atoms with Gasteiger partial charge in [-0.05, 0) is 12.3 Å². The van der Waals surface area contributed by atoms with Crippen molar-refractivity contribution in [3.05, 3.63) is 0 Å². The van der Waals surface area contributed by atoms with Crippen LogP contribution in [-0.2, 0) is 0 Å². The molecule has 1 heterocycles. The summed E-state index contributed by atoms with van der Waals surface area (Å²) in [6.45, 7) is 6.68. The fourth-order valence-electron chi connectivity index (χ4n) is 1.41. The molecule has 1 aliphatic heterocycles. The second kappa shape index (κ2) is 3.04. The molecule has 58 valence electrons. The van der Waals surface area contributed by atoms with E-state index in [9.17, 15) is 0 Å². The van der Waals surface area contributed by atoms with E-state index < -0.39 is 0 Å².